The van der Waals surface area contributed by atoms with Crippen molar-refractivity contribution in [2.45, 2.75) is 361 Å². The van der Waals surface area contributed by atoms with Gasteiger partial charge in [-0.05, 0) is 70.6 Å². The van der Waals surface area contributed by atoms with Crippen LogP contribution in [0.4, 0.5) is 0 Å². The largest absolute Gasteiger partial charge is 0.462 e. The zero-order chi connectivity index (χ0) is 57.1. The van der Waals surface area contributed by atoms with Gasteiger partial charge in [-0.15, -0.1) is 0 Å². The van der Waals surface area contributed by atoms with Gasteiger partial charge in [0.25, 0.3) is 0 Å². The van der Waals surface area contributed by atoms with Gasteiger partial charge in [0.2, 0.25) is 0 Å². The van der Waals surface area contributed by atoms with E-state index in [2.05, 4.69) is 81.5 Å². The third kappa shape index (κ3) is 65.5. The van der Waals surface area contributed by atoms with Crippen LogP contribution in [0.2, 0.25) is 0 Å². The van der Waals surface area contributed by atoms with Crippen LogP contribution in [0.5, 0.6) is 0 Å². The van der Waals surface area contributed by atoms with Crippen molar-refractivity contribution in [3.05, 3.63) is 72.9 Å². The molecule has 0 aliphatic heterocycles. The number of allylic oxidation sites excluding steroid dienone is 11. The number of carbonyl (C=O) groups is 3. The lowest BCUT2D eigenvalue weighted by atomic mass is 10.0. The Morgan fingerprint density at radius 1 is 0.278 bits per heavy atom. The average Bonchev–Trinajstić information content (AvgIpc) is 3.45. The van der Waals surface area contributed by atoms with Gasteiger partial charge in [0.1, 0.15) is 13.2 Å². The quantitative estimate of drug-likeness (QED) is 0.0261. The lowest BCUT2D eigenvalue weighted by molar-refractivity contribution is -0.166. The second-order valence-electron chi connectivity index (χ2n) is 23.1. The summed E-state index contributed by atoms with van der Waals surface area (Å²) in [5.41, 5.74) is 0. The zero-order valence-corrected chi connectivity index (χ0v) is 52.6. The maximum absolute atomic E-state index is 12.8. The number of ether oxygens (including phenoxy) is 3. The Morgan fingerprint density at radius 2 is 0.532 bits per heavy atom. The Bertz CT molecular complexity index is 1450. The molecular formula is C73H130O6. The monoisotopic (exact) mass is 1100 g/mol. The van der Waals surface area contributed by atoms with E-state index in [0.717, 1.165) is 83.5 Å². The molecule has 79 heavy (non-hydrogen) atoms. The number of esters is 3. The van der Waals surface area contributed by atoms with E-state index >= 15 is 0 Å². The molecule has 6 nitrogen and oxygen atoms in total. The Morgan fingerprint density at radius 3 is 0.823 bits per heavy atom. The van der Waals surface area contributed by atoms with Crippen LogP contribution in [0.25, 0.3) is 0 Å². The summed E-state index contributed by atoms with van der Waals surface area (Å²) in [4.78, 5) is 38.2. The summed E-state index contributed by atoms with van der Waals surface area (Å²) in [5, 5.41) is 0. The number of carbonyl (C=O) groups excluding carboxylic acids is 3. The molecule has 0 spiro atoms. The fraction of sp³-hybridized carbons (Fsp3) is 0.795. The molecule has 0 aromatic rings. The Kier molecular flexibility index (Phi) is 64.7. The molecule has 0 fully saturated rings. The van der Waals surface area contributed by atoms with Gasteiger partial charge in [-0.2, -0.15) is 0 Å². The Hall–Kier alpha value is -3.15. The second kappa shape index (κ2) is 67.4. The van der Waals surface area contributed by atoms with Crippen molar-refractivity contribution in [2.75, 3.05) is 13.2 Å². The summed E-state index contributed by atoms with van der Waals surface area (Å²) < 4.78 is 16.8. The fourth-order valence-electron chi connectivity index (χ4n) is 10.1. The minimum atomic E-state index is -0.833. The predicted molar refractivity (Wildman–Crippen MR) is 344 cm³/mol. The molecule has 0 saturated carbocycles. The summed E-state index contributed by atoms with van der Waals surface area (Å²) in [5.74, 6) is -1.04. The molecule has 458 valence electrons. The van der Waals surface area contributed by atoms with E-state index in [4.69, 9.17) is 14.2 Å². The van der Waals surface area contributed by atoms with E-state index in [0.29, 0.717) is 12.8 Å². The van der Waals surface area contributed by atoms with Gasteiger partial charge in [0.15, 0.2) is 6.10 Å². The Balaban J connectivity index is 4.21. The summed E-state index contributed by atoms with van der Waals surface area (Å²) in [6, 6.07) is 0. The summed E-state index contributed by atoms with van der Waals surface area (Å²) in [6.07, 6.45) is 88.3. The highest BCUT2D eigenvalue weighted by Crippen LogP contribution is 2.18. The molecule has 0 amide bonds. The van der Waals surface area contributed by atoms with Gasteiger partial charge in [-0.3, -0.25) is 14.4 Å². The molecule has 0 aromatic carbocycles. The molecule has 0 aromatic heterocycles. The van der Waals surface area contributed by atoms with Crippen molar-refractivity contribution in [3.8, 4) is 0 Å². The molecule has 6 heteroatoms. The smallest absolute Gasteiger partial charge is 0.310 e. The maximum Gasteiger partial charge on any atom is 0.310 e. The summed E-state index contributed by atoms with van der Waals surface area (Å²) in [6.45, 7) is 6.48. The fourth-order valence-corrected chi connectivity index (χ4v) is 10.1. The predicted octanol–water partition coefficient (Wildman–Crippen LogP) is 23.7. The third-order valence-corrected chi connectivity index (χ3v) is 15.2. The van der Waals surface area contributed by atoms with Crippen LogP contribution in [0, 0.1) is 0 Å². The number of hydrogen-bond acceptors (Lipinski definition) is 6. The van der Waals surface area contributed by atoms with Gasteiger partial charge in [0.05, 0.1) is 6.42 Å². The number of unbranched alkanes of at least 4 members (excludes halogenated alkanes) is 41. The molecule has 0 bridgehead atoms. The summed E-state index contributed by atoms with van der Waals surface area (Å²) >= 11 is 0. The standard InChI is InChI=1S/C73H130O6/c1-4-7-10-13-16-19-22-25-28-29-30-31-32-33-34-35-36-37-38-39-40-41-42-43-46-48-51-54-57-60-63-66-72(75)78-69-70(79-73(76)67-64-61-58-55-52-49-45-27-24-21-18-15-12-9-6-3)68-77-71(74)65-62-59-56-53-50-47-44-26-23-20-17-14-11-8-5-2/h9,12,18,21,26-27,44-45,52,55,61,64,70H,4-8,10-11,13-17,19-20,22-25,28-43,46-51,53-54,56-60,62-63,65-69H2,1-3H3/b12-9-,21-18-,44-26-,45-27-,55-52-,64-61-. The van der Waals surface area contributed by atoms with E-state index in [1.165, 1.54) is 231 Å². The van der Waals surface area contributed by atoms with Crippen molar-refractivity contribution in [1.29, 1.82) is 0 Å². The molecule has 0 saturated heterocycles. The van der Waals surface area contributed by atoms with E-state index in [-0.39, 0.29) is 31.6 Å². The first-order valence-corrected chi connectivity index (χ1v) is 34.4. The van der Waals surface area contributed by atoms with Crippen LogP contribution in [-0.2, 0) is 28.6 Å². The van der Waals surface area contributed by atoms with Crippen LogP contribution < -0.4 is 0 Å². The normalized spacial score (nSPS) is 12.5. The first-order valence-electron chi connectivity index (χ1n) is 34.4. The van der Waals surface area contributed by atoms with Crippen LogP contribution >= 0.6 is 0 Å². The van der Waals surface area contributed by atoms with Crippen molar-refractivity contribution >= 4 is 17.9 Å². The van der Waals surface area contributed by atoms with Gasteiger partial charge in [-0.1, -0.05) is 338 Å². The molecule has 0 N–H and O–H groups in total. The highest BCUT2D eigenvalue weighted by Gasteiger charge is 2.19. The Labute approximate surface area is 491 Å². The summed E-state index contributed by atoms with van der Waals surface area (Å²) in [7, 11) is 0. The van der Waals surface area contributed by atoms with Gasteiger partial charge in [-0.25, -0.2) is 0 Å². The molecular weight excluding hydrogens is 973 g/mol. The topological polar surface area (TPSA) is 78.9 Å². The number of rotatable bonds is 63. The molecule has 0 aliphatic carbocycles. The molecule has 0 aliphatic rings. The zero-order valence-electron chi connectivity index (χ0n) is 52.6. The van der Waals surface area contributed by atoms with E-state index in [1.807, 2.05) is 6.08 Å². The van der Waals surface area contributed by atoms with Crippen molar-refractivity contribution in [1.82, 2.24) is 0 Å². The lowest BCUT2D eigenvalue weighted by Gasteiger charge is -2.18. The molecule has 1 atom stereocenters. The molecule has 1 unspecified atom stereocenters. The highest BCUT2D eigenvalue weighted by atomic mass is 16.6. The maximum atomic E-state index is 12.8. The molecule has 0 rings (SSSR count). The van der Waals surface area contributed by atoms with Crippen molar-refractivity contribution < 1.29 is 28.6 Å². The molecule has 0 heterocycles. The lowest BCUT2D eigenvalue weighted by Crippen LogP contribution is -2.30. The minimum Gasteiger partial charge on any atom is -0.462 e. The van der Waals surface area contributed by atoms with Crippen LogP contribution in [0.1, 0.15) is 355 Å². The first-order chi connectivity index (χ1) is 39.0. The van der Waals surface area contributed by atoms with E-state index < -0.39 is 12.1 Å². The van der Waals surface area contributed by atoms with Crippen LogP contribution in [-0.4, -0.2) is 37.2 Å². The average molecular weight is 1100 g/mol. The minimum absolute atomic E-state index is 0.0977. The SMILES string of the molecule is CC/C=C\C/C=C\C/C=C\C/C=C\C/C=C\CC(=O)OC(COC(=O)CCCCCCC/C=C\CCCCCCCC)COC(=O)CCCCCCCCCCCCCCCCCCCCCCCCCCCCCCCCC. The number of hydrogen-bond donors (Lipinski definition) is 0. The van der Waals surface area contributed by atoms with E-state index in [1.54, 1.807) is 6.08 Å². The van der Waals surface area contributed by atoms with Crippen molar-refractivity contribution in [2.24, 2.45) is 0 Å². The van der Waals surface area contributed by atoms with Crippen molar-refractivity contribution in [3.63, 3.8) is 0 Å². The highest BCUT2D eigenvalue weighted by molar-refractivity contribution is 5.72. The van der Waals surface area contributed by atoms with Gasteiger partial charge in [0, 0.05) is 12.8 Å². The molecule has 0 radical (unpaired) electrons. The van der Waals surface area contributed by atoms with E-state index in [9.17, 15) is 14.4 Å². The van der Waals surface area contributed by atoms with Crippen LogP contribution in [0.3, 0.4) is 0 Å². The first kappa shape index (κ1) is 75.8. The van der Waals surface area contributed by atoms with Gasteiger partial charge >= 0.3 is 17.9 Å². The second-order valence-corrected chi connectivity index (χ2v) is 23.1. The van der Waals surface area contributed by atoms with Crippen LogP contribution in [0.15, 0.2) is 72.9 Å². The third-order valence-electron chi connectivity index (χ3n) is 15.2. The van der Waals surface area contributed by atoms with Gasteiger partial charge < -0.3 is 14.2 Å².